The minimum absolute atomic E-state index is 0.00844. The Hall–Kier alpha value is -3.84. The zero-order valence-electron chi connectivity index (χ0n) is 19.5. The predicted octanol–water partition coefficient (Wildman–Crippen LogP) is 1.72. The van der Waals surface area contributed by atoms with Gasteiger partial charge >= 0.3 is 6.03 Å². The Bertz CT molecular complexity index is 1410. The Morgan fingerprint density at radius 2 is 2.14 bits per heavy atom. The van der Waals surface area contributed by atoms with Gasteiger partial charge in [-0.1, -0.05) is 0 Å². The third-order valence-corrected chi connectivity index (χ3v) is 7.30. The molecule has 3 aromatic heterocycles. The monoisotopic (exact) mass is 508 g/mol. The van der Waals surface area contributed by atoms with Crippen LogP contribution in [0.25, 0.3) is 22.4 Å². The fourth-order valence-corrected chi connectivity index (χ4v) is 5.06. The molecule has 4 amide bonds. The third-order valence-electron chi connectivity index (χ3n) is 6.23. The molecule has 186 valence electrons. The quantitative estimate of drug-likeness (QED) is 0.337. The van der Waals surface area contributed by atoms with Crippen LogP contribution in [-0.2, 0) is 9.53 Å². The van der Waals surface area contributed by atoms with E-state index in [2.05, 4.69) is 21.0 Å². The molecule has 2 aliphatic heterocycles. The van der Waals surface area contributed by atoms with E-state index in [9.17, 15) is 14.4 Å². The number of ether oxygens (including phenoxy) is 1. The lowest BCUT2D eigenvalue weighted by Gasteiger charge is -2.30. The lowest BCUT2D eigenvalue weighted by molar-refractivity contribution is -0.115. The topological polar surface area (TPSA) is 143 Å². The van der Waals surface area contributed by atoms with Crippen LogP contribution in [0.3, 0.4) is 0 Å². The van der Waals surface area contributed by atoms with E-state index >= 15 is 0 Å². The highest BCUT2D eigenvalue weighted by Crippen LogP contribution is 2.31. The number of hydrogen-bond acceptors (Lipinski definition) is 9. The van der Waals surface area contributed by atoms with Gasteiger partial charge in [-0.2, -0.15) is 14.6 Å². The normalized spacial score (nSPS) is 21.2. The van der Waals surface area contributed by atoms with Crippen molar-refractivity contribution in [3.05, 3.63) is 34.5 Å². The third kappa shape index (κ3) is 4.42. The fraction of sp³-hybridized carbons (Fsp3) is 0.391. The van der Waals surface area contributed by atoms with Gasteiger partial charge in [-0.15, -0.1) is 11.3 Å². The number of nitrogens with zero attached hydrogens (tertiary/aromatic N) is 5. The molecule has 0 spiro atoms. The van der Waals surface area contributed by atoms with Crippen LogP contribution in [0.15, 0.2) is 24.0 Å². The van der Waals surface area contributed by atoms with Crippen LogP contribution in [0.1, 0.15) is 35.0 Å². The number of amides is 4. The maximum atomic E-state index is 13.1. The average Bonchev–Trinajstić information content (AvgIpc) is 3.25. The van der Waals surface area contributed by atoms with Gasteiger partial charge in [0.05, 0.1) is 28.7 Å². The van der Waals surface area contributed by atoms with Crippen LogP contribution in [0.5, 0.6) is 0 Å². The van der Waals surface area contributed by atoms with Gasteiger partial charge < -0.3 is 20.3 Å². The number of morpholine rings is 1. The van der Waals surface area contributed by atoms with E-state index in [4.69, 9.17) is 14.7 Å². The van der Waals surface area contributed by atoms with Crippen LogP contribution in [0, 0.1) is 5.92 Å². The SMILES string of the molecule is CC1CN(C(=O)c2ccc(-c3nc(NCC4CC4)n4ncc(/C=C5\NC(=O)NC5=O)c4n3)s2)CCO1. The first-order chi connectivity index (χ1) is 17.4. The molecule has 12 nitrogen and oxygen atoms in total. The minimum Gasteiger partial charge on any atom is -0.375 e. The van der Waals surface area contributed by atoms with E-state index in [-0.39, 0.29) is 17.7 Å². The van der Waals surface area contributed by atoms with Crippen molar-refractivity contribution < 1.29 is 19.1 Å². The summed E-state index contributed by atoms with van der Waals surface area (Å²) >= 11 is 1.33. The zero-order valence-corrected chi connectivity index (χ0v) is 20.3. The van der Waals surface area contributed by atoms with Crippen molar-refractivity contribution in [3.8, 4) is 10.7 Å². The molecule has 0 bridgehead atoms. The molecular weight excluding hydrogens is 484 g/mol. The number of carbonyl (C=O) groups excluding carboxylic acids is 3. The van der Waals surface area contributed by atoms with Crippen LogP contribution in [-0.4, -0.2) is 74.7 Å². The number of rotatable bonds is 6. The van der Waals surface area contributed by atoms with Gasteiger partial charge in [-0.05, 0) is 43.9 Å². The summed E-state index contributed by atoms with van der Waals surface area (Å²) in [6, 6.07) is 3.07. The van der Waals surface area contributed by atoms with E-state index in [1.807, 2.05) is 13.0 Å². The van der Waals surface area contributed by atoms with E-state index in [0.29, 0.717) is 53.5 Å². The van der Waals surface area contributed by atoms with Gasteiger partial charge in [0.2, 0.25) is 5.95 Å². The maximum Gasteiger partial charge on any atom is 0.326 e. The Kier molecular flexibility index (Phi) is 5.64. The molecule has 3 N–H and O–H groups in total. The highest BCUT2D eigenvalue weighted by Gasteiger charge is 2.26. The van der Waals surface area contributed by atoms with Crippen molar-refractivity contribution in [2.45, 2.75) is 25.9 Å². The summed E-state index contributed by atoms with van der Waals surface area (Å²) in [7, 11) is 0. The first-order valence-corrected chi connectivity index (χ1v) is 12.6. The number of thiophene rings is 1. The standard InChI is InChI=1S/C23H24N8O4S/c1-12-11-30(6-7-35-12)21(33)17-5-4-16(36-17)18-27-19-14(8-15-20(32)29-23(34)26-15)10-25-31(19)22(28-18)24-9-13-2-3-13/h4-5,8,10,12-13H,2-3,6-7,9,11H2,1H3,(H,24,27,28)(H2,26,29,32,34)/b15-8-. The summed E-state index contributed by atoms with van der Waals surface area (Å²) in [5.41, 5.74) is 1.14. The molecule has 3 aromatic rings. The second-order valence-electron chi connectivity index (χ2n) is 9.09. The molecular formula is C23H24N8O4S. The second-order valence-corrected chi connectivity index (χ2v) is 10.2. The first kappa shape index (κ1) is 22.6. The van der Waals surface area contributed by atoms with Crippen molar-refractivity contribution in [1.29, 1.82) is 0 Å². The van der Waals surface area contributed by atoms with Gasteiger partial charge in [-0.3, -0.25) is 14.9 Å². The van der Waals surface area contributed by atoms with Crippen molar-refractivity contribution in [3.63, 3.8) is 0 Å². The number of hydrogen-bond donors (Lipinski definition) is 3. The van der Waals surface area contributed by atoms with Crippen molar-refractivity contribution in [1.82, 2.24) is 35.1 Å². The van der Waals surface area contributed by atoms with Gasteiger partial charge in [0.1, 0.15) is 5.70 Å². The summed E-state index contributed by atoms with van der Waals surface area (Å²) in [4.78, 5) is 49.2. The number of nitrogens with one attached hydrogen (secondary N) is 3. The van der Waals surface area contributed by atoms with Gasteiger partial charge in [-0.25, -0.2) is 9.78 Å². The van der Waals surface area contributed by atoms with Crippen molar-refractivity contribution in [2.75, 3.05) is 31.6 Å². The van der Waals surface area contributed by atoms with Crippen LogP contribution in [0.2, 0.25) is 0 Å². The molecule has 3 aliphatic rings. The first-order valence-electron chi connectivity index (χ1n) is 11.8. The molecule has 5 heterocycles. The lowest BCUT2D eigenvalue weighted by atomic mass is 10.2. The Labute approximate surface area is 209 Å². The lowest BCUT2D eigenvalue weighted by Crippen LogP contribution is -2.44. The molecule has 36 heavy (non-hydrogen) atoms. The smallest absolute Gasteiger partial charge is 0.326 e. The van der Waals surface area contributed by atoms with Crippen molar-refractivity contribution >= 4 is 46.9 Å². The Balaban J connectivity index is 1.36. The number of imide groups is 1. The summed E-state index contributed by atoms with van der Waals surface area (Å²) in [6.07, 6.45) is 5.47. The fourth-order valence-electron chi connectivity index (χ4n) is 4.15. The minimum atomic E-state index is -0.574. The zero-order chi connectivity index (χ0) is 24.8. The van der Waals surface area contributed by atoms with E-state index in [1.165, 1.54) is 30.3 Å². The number of aromatic nitrogens is 4. The molecule has 1 unspecified atom stereocenters. The summed E-state index contributed by atoms with van der Waals surface area (Å²) < 4.78 is 7.14. The van der Waals surface area contributed by atoms with E-state index < -0.39 is 11.9 Å². The Morgan fingerprint density at radius 3 is 2.89 bits per heavy atom. The molecule has 1 saturated carbocycles. The molecule has 6 rings (SSSR count). The van der Waals surface area contributed by atoms with Gasteiger partial charge in [0.25, 0.3) is 11.8 Å². The van der Waals surface area contributed by atoms with Crippen molar-refractivity contribution in [2.24, 2.45) is 5.92 Å². The highest BCUT2D eigenvalue weighted by molar-refractivity contribution is 7.17. The van der Waals surface area contributed by atoms with Gasteiger partial charge in [0.15, 0.2) is 11.5 Å². The molecule has 3 fully saturated rings. The second kappa shape index (κ2) is 8.99. The van der Waals surface area contributed by atoms with Gasteiger partial charge in [0, 0.05) is 25.2 Å². The summed E-state index contributed by atoms with van der Waals surface area (Å²) in [5, 5.41) is 12.4. The number of urea groups is 1. The molecule has 2 saturated heterocycles. The van der Waals surface area contributed by atoms with Crippen LogP contribution >= 0.6 is 11.3 Å². The van der Waals surface area contributed by atoms with Crippen LogP contribution < -0.4 is 16.0 Å². The number of carbonyl (C=O) groups is 3. The number of anilines is 1. The summed E-state index contributed by atoms with van der Waals surface area (Å²) in [6.45, 7) is 4.37. The molecule has 1 atom stereocenters. The maximum absolute atomic E-state index is 13.1. The number of fused-ring (bicyclic) bond motifs is 1. The van der Waals surface area contributed by atoms with E-state index in [1.54, 1.807) is 21.7 Å². The largest absolute Gasteiger partial charge is 0.375 e. The van der Waals surface area contributed by atoms with E-state index in [0.717, 1.165) is 11.4 Å². The highest BCUT2D eigenvalue weighted by atomic mass is 32.1. The molecule has 0 radical (unpaired) electrons. The predicted molar refractivity (Wildman–Crippen MR) is 131 cm³/mol. The van der Waals surface area contributed by atoms with Crippen LogP contribution in [0.4, 0.5) is 10.7 Å². The molecule has 1 aliphatic carbocycles. The molecule has 0 aromatic carbocycles. The Morgan fingerprint density at radius 1 is 1.28 bits per heavy atom. The summed E-state index contributed by atoms with van der Waals surface area (Å²) in [5.74, 6) is 1.02. The molecule has 13 heteroatoms. The average molecular weight is 509 g/mol.